The Morgan fingerprint density at radius 3 is 2.78 bits per heavy atom. The molecule has 0 aliphatic carbocycles. The Labute approximate surface area is 207 Å². The molecule has 0 radical (unpaired) electrons. The second-order valence-electron chi connectivity index (χ2n) is 8.91. The van der Waals surface area contributed by atoms with Crippen LogP contribution in [0, 0.1) is 0 Å². The first-order chi connectivity index (χ1) is 17.6. The van der Waals surface area contributed by atoms with Crippen LogP contribution < -0.4 is 24.6 Å². The zero-order valence-electron chi connectivity index (χ0n) is 19.7. The summed E-state index contributed by atoms with van der Waals surface area (Å²) < 4.78 is 28.3. The van der Waals surface area contributed by atoms with E-state index in [1.54, 1.807) is 25.3 Å². The number of methoxy groups -OCH3 is 1. The molecule has 2 aliphatic rings. The van der Waals surface area contributed by atoms with E-state index in [9.17, 15) is 9.59 Å². The second kappa shape index (κ2) is 9.07. The fourth-order valence-corrected chi connectivity index (χ4v) is 4.95. The van der Waals surface area contributed by atoms with Crippen LogP contribution in [-0.2, 0) is 17.6 Å². The largest absolute Gasteiger partial charge is 0.493 e. The van der Waals surface area contributed by atoms with Gasteiger partial charge >= 0.3 is 11.6 Å². The molecule has 7 heteroatoms. The van der Waals surface area contributed by atoms with Crippen molar-refractivity contribution in [3.8, 4) is 23.0 Å². The summed E-state index contributed by atoms with van der Waals surface area (Å²) in [6.45, 7) is 1.21. The number of rotatable bonds is 6. The summed E-state index contributed by atoms with van der Waals surface area (Å²) in [6.07, 6.45) is 1.71. The maximum Gasteiger partial charge on any atom is 0.343 e. The van der Waals surface area contributed by atoms with Crippen LogP contribution in [0.25, 0.3) is 11.0 Å². The lowest BCUT2D eigenvalue weighted by Crippen LogP contribution is -2.26. The molecule has 0 amide bonds. The van der Waals surface area contributed by atoms with Gasteiger partial charge in [-0.25, -0.2) is 4.79 Å². The number of ether oxygens (including phenoxy) is 4. The number of carbonyl (C=O) groups excluding carboxylic acids is 1. The minimum atomic E-state index is -0.515. The number of benzene rings is 3. The van der Waals surface area contributed by atoms with Crippen molar-refractivity contribution in [1.82, 2.24) is 0 Å². The van der Waals surface area contributed by atoms with Crippen LogP contribution in [0.15, 0.2) is 69.9 Å². The standard InChI is InChI=1S/C29H24O7/c1-32-25-15-18(7-9-24(25)34-12-10-17-6-8-22-19(14-17)11-13-33-22)21-16-26(30)36-28-20-4-2-3-5-23(20)35-29(31)27(21)28/h2-9,14-15,21H,10-13,16H2,1H3. The third kappa shape index (κ3) is 3.96. The van der Waals surface area contributed by atoms with Crippen molar-refractivity contribution in [1.29, 1.82) is 0 Å². The highest BCUT2D eigenvalue weighted by molar-refractivity contribution is 5.90. The number of para-hydroxylation sites is 1. The summed E-state index contributed by atoms with van der Waals surface area (Å²) in [5.41, 5.74) is 3.37. The van der Waals surface area contributed by atoms with E-state index in [4.69, 9.17) is 23.4 Å². The highest BCUT2D eigenvalue weighted by Gasteiger charge is 2.34. The Morgan fingerprint density at radius 1 is 1.00 bits per heavy atom. The average molecular weight is 485 g/mol. The maximum absolute atomic E-state index is 12.9. The van der Waals surface area contributed by atoms with Gasteiger partial charge in [-0.1, -0.05) is 30.3 Å². The van der Waals surface area contributed by atoms with Gasteiger partial charge in [0.25, 0.3) is 0 Å². The fourth-order valence-electron chi connectivity index (χ4n) is 4.95. The summed E-state index contributed by atoms with van der Waals surface area (Å²) in [7, 11) is 1.57. The van der Waals surface area contributed by atoms with Gasteiger partial charge in [0, 0.05) is 18.8 Å². The summed E-state index contributed by atoms with van der Waals surface area (Å²) in [6, 6.07) is 18.7. The van der Waals surface area contributed by atoms with Crippen LogP contribution in [0.1, 0.15) is 34.6 Å². The van der Waals surface area contributed by atoms with E-state index in [2.05, 4.69) is 12.1 Å². The topological polar surface area (TPSA) is 84.2 Å². The first-order valence-corrected chi connectivity index (χ1v) is 11.9. The predicted octanol–water partition coefficient (Wildman–Crippen LogP) is 4.80. The molecule has 182 valence electrons. The lowest BCUT2D eigenvalue weighted by atomic mass is 9.86. The Morgan fingerprint density at radius 2 is 1.89 bits per heavy atom. The number of esters is 1. The van der Waals surface area contributed by atoms with E-state index in [1.165, 1.54) is 11.1 Å². The van der Waals surface area contributed by atoms with Crippen LogP contribution in [0.4, 0.5) is 0 Å². The lowest BCUT2D eigenvalue weighted by Gasteiger charge is -2.25. The monoisotopic (exact) mass is 484 g/mol. The molecular weight excluding hydrogens is 460 g/mol. The van der Waals surface area contributed by atoms with Gasteiger partial charge in [0.1, 0.15) is 11.3 Å². The molecule has 0 bridgehead atoms. The van der Waals surface area contributed by atoms with E-state index in [-0.39, 0.29) is 12.2 Å². The van der Waals surface area contributed by atoms with Crippen molar-refractivity contribution in [3.63, 3.8) is 0 Å². The van der Waals surface area contributed by atoms with Crippen molar-refractivity contribution < 1.29 is 28.2 Å². The van der Waals surface area contributed by atoms with Crippen molar-refractivity contribution >= 4 is 16.9 Å². The molecule has 0 saturated heterocycles. The van der Waals surface area contributed by atoms with E-state index < -0.39 is 17.5 Å². The van der Waals surface area contributed by atoms with Crippen LogP contribution in [0.2, 0.25) is 0 Å². The predicted molar refractivity (Wildman–Crippen MR) is 132 cm³/mol. The molecule has 0 fully saturated rings. The Bertz CT molecular complexity index is 1530. The van der Waals surface area contributed by atoms with Gasteiger partial charge < -0.3 is 23.4 Å². The molecule has 0 N–H and O–H groups in total. The zero-order chi connectivity index (χ0) is 24.6. The lowest BCUT2D eigenvalue weighted by molar-refractivity contribution is -0.135. The Hall–Kier alpha value is -4.26. The number of hydrogen-bond donors (Lipinski definition) is 0. The summed E-state index contributed by atoms with van der Waals surface area (Å²) in [4.78, 5) is 25.4. The molecule has 6 rings (SSSR count). The highest BCUT2D eigenvalue weighted by atomic mass is 16.5. The molecular formula is C29H24O7. The molecule has 36 heavy (non-hydrogen) atoms. The number of fused-ring (bicyclic) bond motifs is 4. The minimum Gasteiger partial charge on any atom is -0.493 e. The van der Waals surface area contributed by atoms with Crippen LogP contribution >= 0.6 is 0 Å². The summed E-state index contributed by atoms with van der Waals surface area (Å²) in [5.74, 6) is 1.44. The first-order valence-electron chi connectivity index (χ1n) is 11.9. The van der Waals surface area contributed by atoms with Gasteiger partial charge in [0.15, 0.2) is 17.2 Å². The molecule has 2 aliphatic heterocycles. The Kier molecular flexibility index (Phi) is 5.60. The zero-order valence-corrected chi connectivity index (χ0v) is 19.7. The number of carbonyl (C=O) groups is 1. The summed E-state index contributed by atoms with van der Waals surface area (Å²) >= 11 is 0. The van der Waals surface area contributed by atoms with E-state index in [1.807, 2.05) is 30.3 Å². The van der Waals surface area contributed by atoms with Crippen molar-refractivity contribution in [3.05, 3.63) is 93.3 Å². The molecule has 3 heterocycles. The summed E-state index contributed by atoms with van der Waals surface area (Å²) in [5, 5.41) is 0.593. The average Bonchev–Trinajstić information content (AvgIpc) is 3.36. The SMILES string of the molecule is COc1cc(C2CC(=O)Oc3c2c(=O)oc2ccccc32)ccc1OCCc1ccc2c(c1)CCO2. The molecule has 1 aromatic heterocycles. The van der Waals surface area contributed by atoms with Crippen molar-refractivity contribution in [2.45, 2.75) is 25.2 Å². The van der Waals surface area contributed by atoms with Gasteiger partial charge in [0.05, 0.1) is 37.7 Å². The third-order valence-electron chi connectivity index (χ3n) is 6.73. The van der Waals surface area contributed by atoms with Gasteiger partial charge in [0.2, 0.25) is 0 Å². The normalized spacial score (nSPS) is 16.1. The minimum absolute atomic E-state index is 0.0293. The van der Waals surface area contributed by atoms with Gasteiger partial charge in [-0.15, -0.1) is 0 Å². The van der Waals surface area contributed by atoms with Gasteiger partial charge in [-0.2, -0.15) is 0 Å². The highest BCUT2D eigenvalue weighted by Crippen LogP contribution is 2.42. The van der Waals surface area contributed by atoms with Crippen LogP contribution in [0.5, 0.6) is 23.0 Å². The van der Waals surface area contributed by atoms with Gasteiger partial charge in [-0.05, 0) is 47.0 Å². The molecule has 0 spiro atoms. The quantitative estimate of drug-likeness (QED) is 0.287. The third-order valence-corrected chi connectivity index (χ3v) is 6.73. The maximum atomic E-state index is 12.9. The van der Waals surface area contributed by atoms with E-state index in [0.717, 1.165) is 30.8 Å². The van der Waals surface area contributed by atoms with Crippen LogP contribution in [0.3, 0.4) is 0 Å². The van der Waals surface area contributed by atoms with Crippen molar-refractivity contribution in [2.75, 3.05) is 20.3 Å². The van der Waals surface area contributed by atoms with E-state index in [0.29, 0.717) is 34.6 Å². The molecule has 1 atom stereocenters. The first kappa shape index (κ1) is 22.2. The van der Waals surface area contributed by atoms with E-state index >= 15 is 0 Å². The Balaban J connectivity index is 1.26. The van der Waals surface area contributed by atoms with Crippen LogP contribution in [-0.4, -0.2) is 26.3 Å². The smallest absolute Gasteiger partial charge is 0.343 e. The van der Waals surface area contributed by atoms with Crippen molar-refractivity contribution in [2.24, 2.45) is 0 Å². The molecule has 7 nitrogen and oxygen atoms in total. The molecule has 0 saturated carbocycles. The molecule has 1 unspecified atom stereocenters. The van der Waals surface area contributed by atoms with Gasteiger partial charge in [-0.3, -0.25) is 4.79 Å². The second-order valence-corrected chi connectivity index (χ2v) is 8.91. The molecule has 3 aromatic carbocycles. The molecule has 4 aromatic rings. The fraction of sp³-hybridized carbons (Fsp3) is 0.241. The number of hydrogen-bond acceptors (Lipinski definition) is 7.